The summed E-state index contributed by atoms with van der Waals surface area (Å²) in [7, 11) is 0. The minimum atomic E-state index is 0.288. The molecular weight excluding hydrogens is 246 g/mol. The number of pyridine rings is 1. The van der Waals surface area contributed by atoms with Crippen LogP contribution in [-0.4, -0.2) is 24.2 Å². The van der Waals surface area contributed by atoms with E-state index in [2.05, 4.69) is 32.3 Å². The van der Waals surface area contributed by atoms with Crippen LogP contribution in [0.5, 0.6) is 0 Å². The number of rotatable bonds is 2. The molecule has 1 aromatic heterocycles. The smallest absolute Gasteiger partial charge is 0.144 e. The minimum absolute atomic E-state index is 0.288. The molecule has 14 heavy (non-hydrogen) atoms. The minimum Gasteiger partial charge on any atom is -0.377 e. The summed E-state index contributed by atoms with van der Waals surface area (Å²) in [6, 6.07) is 4.13. The first-order chi connectivity index (χ1) is 6.79. The Morgan fingerprint density at radius 3 is 3.00 bits per heavy atom. The highest BCUT2D eigenvalue weighted by Gasteiger charge is 2.19. The normalized spacial score (nSPS) is 15.7. The number of hydrogen-bond donors (Lipinski definition) is 1. The number of nitrogens with one attached hydrogen (secondary N) is 1. The Morgan fingerprint density at radius 1 is 1.64 bits per heavy atom. The van der Waals surface area contributed by atoms with Crippen LogP contribution in [0, 0.1) is 11.3 Å². The van der Waals surface area contributed by atoms with Crippen molar-refractivity contribution >= 4 is 21.7 Å². The summed E-state index contributed by atoms with van der Waals surface area (Å²) in [6.45, 7) is 1.37. The number of ether oxygens (including phenoxy) is 1. The molecule has 0 bridgehead atoms. The Labute approximate surface area is 90.0 Å². The van der Waals surface area contributed by atoms with Crippen LogP contribution in [0.25, 0.3) is 0 Å². The molecule has 0 unspecified atom stereocenters. The van der Waals surface area contributed by atoms with Gasteiger partial charge in [-0.05, 0) is 22.0 Å². The standard InChI is InChI=1S/C9H8BrN3O/c10-7-1-6(2-11)9(12-3-7)13-8-4-14-5-8/h1,3,8H,4-5H2,(H,12,13). The molecule has 5 heteroatoms. The first kappa shape index (κ1) is 9.44. The zero-order valence-electron chi connectivity index (χ0n) is 7.33. The lowest BCUT2D eigenvalue weighted by atomic mass is 10.2. The van der Waals surface area contributed by atoms with E-state index in [9.17, 15) is 0 Å². The van der Waals surface area contributed by atoms with E-state index in [4.69, 9.17) is 10.00 Å². The predicted octanol–water partition coefficient (Wildman–Crippen LogP) is 1.53. The van der Waals surface area contributed by atoms with Crippen LogP contribution in [0.1, 0.15) is 5.56 Å². The van der Waals surface area contributed by atoms with Crippen molar-refractivity contribution in [3.8, 4) is 6.07 Å². The molecule has 2 heterocycles. The van der Waals surface area contributed by atoms with E-state index in [1.165, 1.54) is 0 Å². The van der Waals surface area contributed by atoms with Gasteiger partial charge >= 0.3 is 0 Å². The summed E-state index contributed by atoms with van der Waals surface area (Å²) < 4.78 is 5.83. The van der Waals surface area contributed by atoms with Gasteiger partial charge in [-0.2, -0.15) is 5.26 Å². The van der Waals surface area contributed by atoms with E-state index in [1.807, 2.05) is 0 Å². The lowest BCUT2D eigenvalue weighted by Gasteiger charge is -2.27. The van der Waals surface area contributed by atoms with Gasteiger partial charge in [0.25, 0.3) is 0 Å². The van der Waals surface area contributed by atoms with Gasteiger partial charge in [0.2, 0.25) is 0 Å². The fraction of sp³-hybridized carbons (Fsp3) is 0.333. The Balaban J connectivity index is 2.19. The molecule has 0 spiro atoms. The van der Waals surface area contributed by atoms with Crippen molar-refractivity contribution in [1.29, 1.82) is 5.26 Å². The van der Waals surface area contributed by atoms with Crippen molar-refractivity contribution in [2.24, 2.45) is 0 Å². The maximum Gasteiger partial charge on any atom is 0.144 e. The number of hydrogen-bond acceptors (Lipinski definition) is 4. The number of nitriles is 1. The molecule has 1 aromatic rings. The van der Waals surface area contributed by atoms with E-state index >= 15 is 0 Å². The zero-order valence-corrected chi connectivity index (χ0v) is 8.91. The molecule has 4 nitrogen and oxygen atoms in total. The molecule has 1 aliphatic heterocycles. The molecule has 1 aliphatic rings. The molecule has 1 N–H and O–H groups in total. The molecule has 0 aromatic carbocycles. The van der Waals surface area contributed by atoms with Crippen molar-refractivity contribution < 1.29 is 4.74 Å². The molecule has 1 fully saturated rings. The monoisotopic (exact) mass is 253 g/mol. The van der Waals surface area contributed by atoms with Gasteiger partial charge in [0.05, 0.1) is 24.8 Å². The average Bonchev–Trinajstić information content (AvgIpc) is 2.13. The molecule has 0 amide bonds. The van der Waals surface area contributed by atoms with Crippen molar-refractivity contribution in [3.63, 3.8) is 0 Å². The van der Waals surface area contributed by atoms with Crippen LogP contribution in [0.4, 0.5) is 5.82 Å². The maximum absolute atomic E-state index is 8.86. The molecule has 0 atom stereocenters. The molecule has 2 rings (SSSR count). The van der Waals surface area contributed by atoms with E-state index in [0.29, 0.717) is 24.6 Å². The second-order valence-corrected chi connectivity index (χ2v) is 3.96. The van der Waals surface area contributed by atoms with Gasteiger partial charge in [0.1, 0.15) is 11.9 Å². The van der Waals surface area contributed by atoms with Gasteiger partial charge < -0.3 is 10.1 Å². The third kappa shape index (κ3) is 1.86. The molecule has 0 aliphatic carbocycles. The van der Waals surface area contributed by atoms with E-state index < -0.39 is 0 Å². The first-order valence-corrected chi connectivity index (χ1v) is 4.99. The van der Waals surface area contributed by atoms with Crippen LogP contribution in [0.15, 0.2) is 16.7 Å². The van der Waals surface area contributed by atoms with Crippen molar-refractivity contribution in [3.05, 3.63) is 22.3 Å². The fourth-order valence-corrected chi connectivity index (χ4v) is 1.48. The highest BCUT2D eigenvalue weighted by atomic mass is 79.9. The van der Waals surface area contributed by atoms with Crippen molar-refractivity contribution in [2.45, 2.75) is 6.04 Å². The number of anilines is 1. The number of nitrogens with zero attached hydrogens (tertiary/aromatic N) is 2. The SMILES string of the molecule is N#Cc1cc(Br)cnc1NC1COC1. The van der Waals surface area contributed by atoms with Gasteiger partial charge in [-0.1, -0.05) is 0 Å². The van der Waals surface area contributed by atoms with Crippen LogP contribution >= 0.6 is 15.9 Å². The van der Waals surface area contributed by atoms with E-state index in [0.717, 1.165) is 4.47 Å². The third-order valence-electron chi connectivity index (χ3n) is 1.95. The van der Waals surface area contributed by atoms with Crippen molar-refractivity contribution in [2.75, 3.05) is 18.5 Å². The van der Waals surface area contributed by atoms with Crippen molar-refractivity contribution in [1.82, 2.24) is 4.98 Å². The van der Waals surface area contributed by atoms with Crippen LogP contribution < -0.4 is 5.32 Å². The van der Waals surface area contributed by atoms with Gasteiger partial charge in [-0.3, -0.25) is 0 Å². The lowest BCUT2D eigenvalue weighted by molar-refractivity contribution is 0.0209. The van der Waals surface area contributed by atoms with Gasteiger partial charge in [-0.15, -0.1) is 0 Å². The summed E-state index contributed by atoms with van der Waals surface area (Å²) in [4.78, 5) is 4.13. The zero-order chi connectivity index (χ0) is 9.97. The largest absolute Gasteiger partial charge is 0.377 e. The summed E-state index contributed by atoms with van der Waals surface area (Å²) in [5.74, 6) is 0.629. The molecular formula is C9H8BrN3O. The quantitative estimate of drug-likeness (QED) is 0.869. The molecule has 72 valence electrons. The van der Waals surface area contributed by atoms with Gasteiger partial charge in [0.15, 0.2) is 0 Å². The van der Waals surface area contributed by atoms with Crippen LogP contribution in [0.3, 0.4) is 0 Å². The van der Waals surface area contributed by atoms with Crippen LogP contribution in [-0.2, 0) is 4.74 Å². The first-order valence-electron chi connectivity index (χ1n) is 4.19. The average molecular weight is 254 g/mol. The maximum atomic E-state index is 8.86. The van der Waals surface area contributed by atoms with E-state index in [1.54, 1.807) is 12.3 Å². The molecule has 0 radical (unpaired) electrons. The molecule has 1 saturated heterocycles. The second kappa shape index (κ2) is 3.95. The Morgan fingerprint density at radius 2 is 2.43 bits per heavy atom. The summed E-state index contributed by atoms with van der Waals surface area (Å²) >= 11 is 3.27. The Kier molecular flexibility index (Phi) is 2.66. The Hall–Kier alpha value is -1.12. The van der Waals surface area contributed by atoms with Gasteiger partial charge in [-0.25, -0.2) is 4.98 Å². The van der Waals surface area contributed by atoms with Crippen LogP contribution in [0.2, 0.25) is 0 Å². The number of halogens is 1. The highest BCUT2D eigenvalue weighted by Crippen LogP contribution is 2.19. The third-order valence-corrected chi connectivity index (χ3v) is 2.39. The number of aromatic nitrogens is 1. The second-order valence-electron chi connectivity index (χ2n) is 3.04. The van der Waals surface area contributed by atoms with E-state index in [-0.39, 0.29) is 6.04 Å². The molecule has 0 saturated carbocycles. The lowest BCUT2D eigenvalue weighted by Crippen LogP contribution is -2.40. The topological polar surface area (TPSA) is 57.9 Å². The summed E-state index contributed by atoms with van der Waals surface area (Å²) in [5, 5.41) is 12.0. The predicted molar refractivity (Wildman–Crippen MR) is 54.9 cm³/mol. The summed E-state index contributed by atoms with van der Waals surface area (Å²) in [5.41, 5.74) is 0.547. The fourth-order valence-electron chi connectivity index (χ4n) is 1.15. The van der Waals surface area contributed by atoms with Gasteiger partial charge in [0, 0.05) is 10.7 Å². The Bertz CT molecular complexity index is 384. The highest BCUT2D eigenvalue weighted by molar-refractivity contribution is 9.10. The summed E-state index contributed by atoms with van der Waals surface area (Å²) in [6.07, 6.45) is 1.67.